The monoisotopic (exact) mass is 253 g/mol. The zero-order valence-electron chi connectivity index (χ0n) is 11.6. The molecule has 0 heterocycles. The molecule has 2 rings (SSSR count). The van der Waals surface area contributed by atoms with Gasteiger partial charge in [-0.25, -0.2) is 0 Å². The van der Waals surface area contributed by atoms with Crippen LogP contribution >= 0.6 is 0 Å². The van der Waals surface area contributed by atoms with Crippen molar-refractivity contribution < 1.29 is 5.11 Å². The Morgan fingerprint density at radius 2 is 1.58 bits per heavy atom. The lowest BCUT2D eigenvalue weighted by molar-refractivity contribution is 0.473. The van der Waals surface area contributed by atoms with Crippen LogP contribution < -0.4 is 5.32 Å². The molecule has 0 aliphatic rings. The van der Waals surface area contributed by atoms with Gasteiger partial charge in [-0.15, -0.1) is 0 Å². The number of para-hydroxylation sites is 2. The van der Waals surface area contributed by atoms with E-state index in [0.717, 1.165) is 22.5 Å². The summed E-state index contributed by atoms with van der Waals surface area (Å²) in [4.78, 5) is 0. The number of aryl methyl sites for hydroxylation is 1. The summed E-state index contributed by atoms with van der Waals surface area (Å²) in [7, 11) is 0. The number of hydrogen-bond acceptors (Lipinski definition) is 2. The Labute approximate surface area is 114 Å². The quantitative estimate of drug-likeness (QED) is 0.840. The summed E-state index contributed by atoms with van der Waals surface area (Å²) in [5.41, 5.74) is 5.14. The zero-order valence-corrected chi connectivity index (χ0v) is 11.6. The number of allylic oxidation sites excluding steroid dienone is 1. The molecule has 0 bridgehead atoms. The fraction of sp³-hybridized carbons (Fsp3) is 0.176. The average Bonchev–Trinajstić information content (AvgIpc) is 2.38. The van der Waals surface area contributed by atoms with Crippen LogP contribution in [0, 0.1) is 6.92 Å². The van der Waals surface area contributed by atoms with E-state index in [1.165, 1.54) is 5.56 Å². The van der Waals surface area contributed by atoms with Gasteiger partial charge in [-0.3, -0.25) is 0 Å². The number of benzene rings is 2. The van der Waals surface area contributed by atoms with E-state index in [2.05, 4.69) is 18.3 Å². The smallest absolute Gasteiger partial charge is 0.124 e. The van der Waals surface area contributed by atoms with Gasteiger partial charge in [-0.05, 0) is 44.5 Å². The van der Waals surface area contributed by atoms with Crippen LogP contribution in [0.1, 0.15) is 25.0 Å². The summed E-state index contributed by atoms with van der Waals surface area (Å²) < 4.78 is 0. The van der Waals surface area contributed by atoms with E-state index in [-0.39, 0.29) is 0 Å². The van der Waals surface area contributed by atoms with E-state index >= 15 is 0 Å². The molecular formula is C17H19NO. The highest BCUT2D eigenvalue weighted by Crippen LogP contribution is 2.29. The van der Waals surface area contributed by atoms with Crippen LogP contribution in [0.5, 0.6) is 5.75 Å². The SMILES string of the molecule is CC(C)=C(Nc1ccccc1C)c1ccccc1O. The van der Waals surface area contributed by atoms with Crippen molar-refractivity contribution in [2.24, 2.45) is 0 Å². The summed E-state index contributed by atoms with van der Waals surface area (Å²) in [5.74, 6) is 0.291. The van der Waals surface area contributed by atoms with Crippen LogP contribution in [0.3, 0.4) is 0 Å². The van der Waals surface area contributed by atoms with E-state index in [4.69, 9.17) is 0 Å². The van der Waals surface area contributed by atoms with E-state index in [9.17, 15) is 5.11 Å². The summed E-state index contributed by atoms with van der Waals surface area (Å²) in [5, 5.41) is 13.4. The molecule has 0 aliphatic carbocycles. The highest BCUT2D eigenvalue weighted by atomic mass is 16.3. The third-order valence-corrected chi connectivity index (χ3v) is 3.08. The minimum absolute atomic E-state index is 0.291. The van der Waals surface area contributed by atoms with Gasteiger partial charge >= 0.3 is 0 Å². The van der Waals surface area contributed by atoms with Crippen LogP contribution in [0.25, 0.3) is 5.70 Å². The minimum atomic E-state index is 0.291. The number of phenols is 1. The number of hydrogen-bond donors (Lipinski definition) is 2. The number of rotatable bonds is 3. The summed E-state index contributed by atoms with van der Waals surface area (Å²) in [6.07, 6.45) is 0. The van der Waals surface area contributed by atoms with E-state index in [1.807, 2.05) is 50.2 Å². The van der Waals surface area contributed by atoms with E-state index < -0.39 is 0 Å². The molecule has 0 amide bonds. The Morgan fingerprint density at radius 1 is 0.947 bits per heavy atom. The minimum Gasteiger partial charge on any atom is -0.507 e. The number of nitrogens with one attached hydrogen (secondary N) is 1. The number of anilines is 1. The van der Waals surface area contributed by atoms with Crippen LogP contribution in [0.4, 0.5) is 5.69 Å². The third-order valence-electron chi connectivity index (χ3n) is 3.08. The van der Waals surface area contributed by atoms with Crippen LogP contribution in [0.2, 0.25) is 0 Å². The molecule has 0 spiro atoms. The van der Waals surface area contributed by atoms with Gasteiger partial charge in [0, 0.05) is 16.9 Å². The molecule has 0 unspecified atom stereocenters. The van der Waals surface area contributed by atoms with Crippen LogP contribution in [-0.4, -0.2) is 5.11 Å². The molecule has 2 nitrogen and oxygen atoms in total. The third kappa shape index (κ3) is 2.97. The number of phenolic OH excluding ortho intramolecular Hbond substituents is 1. The first-order chi connectivity index (χ1) is 9.09. The van der Waals surface area contributed by atoms with Gasteiger partial charge < -0.3 is 10.4 Å². The van der Waals surface area contributed by atoms with Crippen molar-refractivity contribution in [3.8, 4) is 5.75 Å². The molecule has 0 aliphatic heterocycles. The lowest BCUT2D eigenvalue weighted by Crippen LogP contribution is -2.02. The highest BCUT2D eigenvalue weighted by Gasteiger charge is 2.09. The first-order valence-corrected chi connectivity index (χ1v) is 6.38. The molecule has 2 aromatic carbocycles. The second-order valence-electron chi connectivity index (χ2n) is 4.83. The molecule has 19 heavy (non-hydrogen) atoms. The van der Waals surface area contributed by atoms with Gasteiger partial charge in [0.1, 0.15) is 5.75 Å². The van der Waals surface area contributed by atoms with Gasteiger partial charge in [-0.2, -0.15) is 0 Å². The fourth-order valence-corrected chi connectivity index (χ4v) is 1.99. The Hall–Kier alpha value is -2.22. The number of aromatic hydroxyl groups is 1. The maximum atomic E-state index is 10.0. The van der Waals surface area contributed by atoms with Crippen molar-refractivity contribution >= 4 is 11.4 Å². The predicted molar refractivity (Wildman–Crippen MR) is 81.2 cm³/mol. The van der Waals surface area contributed by atoms with Gasteiger partial charge in [-0.1, -0.05) is 35.9 Å². The maximum Gasteiger partial charge on any atom is 0.124 e. The molecular weight excluding hydrogens is 234 g/mol. The van der Waals surface area contributed by atoms with Crippen molar-refractivity contribution in [1.29, 1.82) is 0 Å². The normalized spacial score (nSPS) is 10.1. The Balaban J connectivity index is 2.43. The van der Waals surface area contributed by atoms with Crippen LogP contribution in [-0.2, 0) is 0 Å². The van der Waals surface area contributed by atoms with Gasteiger partial charge in [0.25, 0.3) is 0 Å². The fourth-order valence-electron chi connectivity index (χ4n) is 1.99. The molecule has 0 radical (unpaired) electrons. The predicted octanol–water partition coefficient (Wildman–Crippen LogP) is 4.56. The van der Waals surface area contributed by atoms with Gasteiger partial charge in [0.2, 0.25) is 0 Å². The van der Waals surface area contributed by atoms with E-state index in [0.29, 0.717) is 5.75 Å². The molecule has 0 saturated heterocycles. The Kier molecular flexibility index (Phi) is 3.91. The summed E-state index contributed by atoms with van der Waals surface area (Å²) in [6.45, 7) is 6.13. The second-order valence-corrected chi connectivity index (χ2v) is 4.83. The Bertz CT molecular complexity index is 610. The lowest BCUT2D eigenvalue weighted by Gasteiger charge is -2.16. The van der Waals surface area contributed by atoms with E-state index in [1.54, 1.807) is 6.07 Å². The first kappa shape index (κ1) is 13.2. The molecule has 0 aromatic heterocycles. The topological polar surface area (TPSA) is 32.3 Å². The first-order valence-electron chi connectivity index (χ1n) is 6.38. The zero-order chi connectivity index (χ0) is 13.8. The average molecular weight is 253 g/mol. The maximum absolute atomic E-state index is 10.0. The molecule has 0 fully saturated rings. The molecule has 0 saturated carbocycles. The van der Waals surface area contributed by atoms with Crippen molar-refractivity contribution in [3.63, 3.8) is 0 Å². The van der Waals surface area contributed by atoms with Crippen LogP contribution in [0.15, 0.2) is 54.1 Å². The van der Waals surface area contributed by atoms with Crippen molar-refractivity contribution in [3.05, 3.63) is 65.2 Å². The standard InChI is InChI=1S/C17H19NO/c1-12(2)17(14-9-5-7-11-16(14)19)18-15-10-6-4-8-13(15)3/h4-11,18-19H,1-3H3. The largest absolute Gasteiger partial charge is 0.507 e. The molecule has 2 aromatic rings. The van der Waals surface area contributed by atoms with Crippen molar-refractivity contribution in [2.75, 3.05) is 5.32 Å². The Morgan fingerprint density at radius 3 is 2.21 bits per heavy atom. The molecule has 2 N–H and O–H groups in total. The lowest BCUT2D eigenvalue weighted by atomic mass is 10.1. The molecule has 98 valence electrons. The summed E-state index contributed by atoms with van der Waals surface area (Å²) >= 11 is 0. The van der Waals surface area contributed by atoms with Gasteiger partial charge in [0.15, 0.2) is 0 Å². The second kappa shape index (κ2) is 5.61. The van der Waals surface area contributed by atoms with Gasteiger partial charge in [0.05, 0.1) is 0 Å². The molecule has 0 atom stereocenters. The molecule has 2 heteroatoms. The van der Waals surface area contributed by atoms with Crippen molar-refractivity contribution in [2.45, 2.75) is 20.8 Å². The summed E-state index contributed by atoms with van der Waals surface area (Å²) in [6, 6.07) is 15.5. The van der Waals surface area contributed by atoms with Crippen molar-refractivity contribution in [1.82, 2.24) is 0 Å². The highest BCUT2D eigenvalue weighted by molar-refractivity contribution is 5.82.